The second kappa shape index (κ2) is 7.09. The van der Waals surface area contributed by atoms with Crippen LogP contribution in [0.4, 0.5) is 0 Å². The molecule has 20 heavy (non-hydrogen) atoms. The molecule has 0 bridgehead atoms. The van der Waals surface area contributed by atoms with Crippen molar-refractivity contribution in [1.29, 1.82) is 0 Å². The van der Waals surface area contributed by atoms with E-state index in [9.17, 15) is 4.79 Å². The zero-order valence-corrected chi connectivity index (χ0v) is 13.6. The van der Waals surface area contributed by atoms with Gasteiger partial charge in [-0.3, -0.25) is 4.79 Å². The van der Waals surface area contributed by atoms with Crippen LogP contribution in [0.5, 0.6) is 5.75 Å². The Hall–Kier alpha value is -1.07. The van der Waals surface area contributed by atoms with Gasteiger partial charge in [-0.1, -0.05) is 15.9 Å². The number of ether oxygens (including phenoxy) is 1. The smallest absolute Gasteiger partial charge is 0.223 e. The van der Waals surface area contributed by atoms with E-state index in [2.05, 4.69) is 21.2 Å². The molecule has 5 heteroatoms. The molecule has 0 heterocycles. The molecule has 0 aliphatic heterocycles. The number of hydrogen-bond donors (Lipinski definition) is 1. The average molecular weight is 341 g/mol. The van der Waals surface area contributed by atoms with Gasteiger partial charge < -0.3 is 15.0 Å². The molecule has 2 rings (SSSR count). The number of rotatable bonds is 7. The van der Waals surface area contributed by atoms with Gasteiger partial charge in [-0.15, -0.1) is 0 Å². The minimum Gasteiger partial charge on any atom is -0.496 e. The highest BCUT2D eigenvalue weighted by molar-refractivity contribution is 9.10. The molecule has 1 fully saturated rings. The van der Waals surface area contributed by atoms with Gasteiger partial charge in [-0.2, -0.15) is 0 Å². The minimum atomic E-state index is 0.153. The van der Waals surface area contributed by atoms with Crippen LogP contribution in [-0.4, -0.2) is 37.6 Å². The molecule has 0 saturated heterocycles. The summed E-state index contributed by atoms with van der Waals surface area (Å²) in [4.78, 5) is 13.8. The number of nitrogens with one attached hydrogen (secondary N) is 1. The van der Waals surface area contributed by atoms with E-state index in [0.717, 1.165) is 22.3 Å². The monoisotopic (exact) mass is 340 g/mol. The highest BCUT2D eigenvalue weighted by Crippen LogP contribution is 2.24. The topological polar surface area (TPSA) is 41.6 Å². The number of hydrogen-bond acceptors (Lipinski definition) is 3. The Morgan fingerprint density at radius 3 is 2.90 bits per heavy atom. The van der Waals surface area contributed by atoms with Crippen molar-refractivity contribution in [2.45, 2.75) is 31.8 Å². The average Bonchev–Trinajstić information content (AvgIpc) is 3.23. The molecule has 1 saturated carbocycles. The standard InChI is InChI=1S/C15H21BrN2O2/c1-18(15(19)7-8-17-13-4-5-13)10-11-9-12(16)3-6-14(11)20-2/h3,6,9,13,17H,4-5,7-8,10H2,1-2H3. The lowest BCUT2D eigenvalue weighted by Gasteiger charge is -2.19. The van der Waals surface area contributed by atoms with Crippen molar-refractivity contribution in [3.05, 3.63) is 28.2 Å². The Morgan fingerprint density at radius 2 is 2.25 bits per heavy atom. The molecule has 0 unspecified atom stereocenters. The highest BCUT2D eigenvalue weighted by Gasteiger charge is 2.20. The number of halogens is 1. The van der Waals surface area contributed by atoms with E-state index in [1.54, 1.807) is 12.0 Å². The number of methoxy groups -OCH3 is 1. The Morgan fingerprint density at radius 1 is 1.50 bits per heavy atom. The first-order valence-electron chi connectivity index (χ1n) is 6.90. The molecule has 1 aliphatic rings. The molecule has 1 aromatic rings. The van der Waals surface area contributed by atoms with E-state index in [1.807, 2.05) is 25.2 Å². The summed E-state index contributed by atoms with van der Waals surface area (Å²) in [5.41, 5.74) is 1.01. The van der Waals surface area contributed by atoms with E-state index < -0.39 is 0 Å². The zero-order chi connectivity index (χ0) is 14.5. The summed E-state index contributed by atoms with van der Waals surface area (Å²) in [5.74, 6) is 0.962. The maximum absolute atomic E-state index is 12.1. The molecule has 1 amide bonds. The maximum Gasteiger partial charge on any atom is 0.223 e. The molecule has 1 aliphatic carbocycles. The van der Waals surface area contributed by atoms with Gasteiger partial charge in [0.2, 0.25) is 5.91 Å². The molecule has 0 aromatic heterocycles. The van der Waals surface area contributed by atoms with Crippen LogP contribution in [-0.2, 0) is 11.3 Å². The van der Waals surface area contributed by atoms with Crippen LogP contribution in [0.15, 0.2) is 22.7 Å². The van der Waals surface area contributed by atoms with Crippen molar-refractivity contribution in [3.63, 3.8) is 0 Å². The van der Waals surface area contributed by atoms with Crippen molar-refractivity contribution < 1.29 is 9.53 Å². The number of benzene rings is 1. The second-order valence-electron chi connectivity index (χ2n) is 5.18. The summed E-state index contributed by atoms with van der Waals surface area (Å²) in [7, 11) is 3.48. The van der Waals surface area contributed by atoms with E-state index >= 15 is 0 Å². The van der Waals surface area contributed by atoms with Crippen molar-refractivity contribution >= 4 is 21.8 Å². The molecule has 110 valence electrons. The summed E-state index contributed by atoms with van der Waals surface area (Å²) < 4.78 is 6.32. The van der Waals surface area contributed by atoms with Crippen molar-refractivity contribution in [2.24, 2.45) is 0 Å². The van der Waals surface area contributed by atoms with Crippen LogP contribution in [0.3, 0.4) is 0 Å². The first-order valence-corrected chi connectivity index (χ1v) is 7.69. The first kappa shape index (κ1) is 15.3. The van der Waals surface area contributed by atoms with Crippen LogP contribution in [0.25, 0.3) is 0 Å². The van der Waals surface area contributed by atoms with Crippen LogP contribution in [0.1, 0.15) is 24.8 Å². The first-order chi connectivity index (χ1) is 9.60. The molecule has 1 aromatic carbocycles. The third-order valence-corrected chi connectivity index (χ3v) is 3.92. The molecule has 0 radical (unpaired) electrons. The molecule has 0 spiro atoms. The highest BCUT2D eigenvalue weighted by atomic mass is 79.9. The normalized spacial score (nSPS) is 14.2. The number of nitrogens with zero attached hydrogens (tertiary/aromatic N) is 1. The van der Waals surface area contributed by atoms with Crippen molar-refractivity contribution in [2.75, 3.05) is 20.7 Å². The van der Waals surface area contributed by atoms with Gasteiger partial charge >= 0.3 is 0 Å². The number of amides is 1. The summed E-state index contributed by atoms with van der Waals surface area (Å²) in [6.45, 7) is 1.33. The number of carbonyl (C=O) groups is 1. The summed E-state index contributed by atoms with van der Waals surface area (Å²) in [5, 5.41) is 3.36. The van der Waals surface area contributed by atoms with E-state index in [0.29, 0.717) is 19.0 Å². The minimum absolute atomic E-state index is 0.153. The van der Waals surface area contributed by atoms with Crippen LogP contribution >= 0.6 is 15.9 Å². The van der Waals surface area contributed by atoms with Crippen LogP contribution < -0.4 is 10.1 Å². The van der Waals surface area contributed by atoms with Crippen LogP contribution in [0.2, 0.25) is 0 Å². The van der Waals surface area contributed by atoms with Gasteiger partial charge in [-0.05, 0) is 31.0 Å². The molecule has 4 nitrogen and oxygen atoms in total. The fourth-order valence-electron chi connectivity index (χ4n) is 2.08. The van der Waals surface area contributed by atoms with Gasteiger partial charge in [0.15, 0.2) is 0 Å². The SMILES string of the molecule is COc1ccc(Br)cc1CN(C)C(=O)CCNC1CC1. The van der Waals surface area contributed by atoms with E-state index in [1.165, 1.54) is 12.8 Å². The van der Waals surface area contributed by atoms with Gasteiger partial charge in [-0.25, -0.2) is 0 Å². The molecule has 1 N–H and O–H groups in total. The predicted molar refractivity (Wildman–Crippen MR) is 82.8 cm³/mol. The van der Waals surface area contributed by atoms with Crippen LogP contribution in [0, 0.1) is 0 Å². The second-order valence-corrected chi connectivity index (χ2v) is 6.10. The lowest BCUT2D eigenvalue weighted by Crippen LogP contribution is -2.30. The summed E-state index contributed by atoms with van der Waals surface area (Å²) >= 11 is 3.45. The zero-order valence-electron chi connectivity index (χ0n) is 12.0. The lowest BCUT2D eigenvalue weighted by atomic mass is 10.2. The maximum atomic E-state index is 12.1. The van der Waals surface area contributed by atoms with E-state index in [-0.39, 0.29) is 5.91 Å². The fourth-order valence-corrected chi connectivity index (χ4v) is 2.48. The molecular formula is C15H21BrN2O2. The molecule has 0 atom stereocenters. The lowest BCUT2D eigenvalue weighted by molar-refractivity contribution is -0.130. The van der Waals surface area contributed by atoms with Gasteiger partial charge in [0.1, 0.15) is 5.75 Å². The predicted octanol–water partition coefficient (Wildman–Crippen LogP) is 2.56. The number of carbonyl (C=O) groups excluding carboxylic acids is 1. The summed E-state index contributed by atoms with van der Waals surface area (Å²) in [6.07, 6.45) is 3.04. The Labute approximate surface area is 128 Å². The quantitative estimate of drug-likeness (QED) is 0.829. The van der Waals surface area contributed by atoms with E-state index in [4.69, 9.17) is 4.74 Å². The Bertz CT molecular complexity index is 475. The summed E-state index contributed by atoms with van der Waals surface area (Å²) in [6, 6.07) is 6.49. The largest absolute Gasteiger partial charge is 0.496 e. The Kier molecular flexibility index (Phi) is 5.43. The molecular weight excluding hydrogens is 320 g/mol. The van der Waals surface area contributed by atoms with Gasteiger partial charge in [0, 0.05) is 42.6 Å². The van der Waals surface area contributed by atoms with Gasteiger partial charge in [0.05, 0.1) is 7.11 Å². The Balaban J connectivity index is 1.87. The van der Waals surface area contributed by atoms with Gasteiger partial charge in [0.25, 0.3) is 0 Å². The van der Waals surface area contributed by atoms with Crippen molar-refractivity contribution in [3.8, 4) is 5.75 Å². The fraction of sp³-hybridized carbons (Fsp3) is 0.533. The third kappa shape index (κ3) is 4.49. The third-order valence-electron chi connectivity index (χ3n) is 3.42. The van der Waals surface area contributed by atoms with Crippen molar-refractivity contribution in [1.82, 2.24) is 10.2 Å².